The zero-order valence-corrected chi connectivity index (χ0v) is 9.70. The van der Waals surface area contributed by atoms with Crippen molar-refractivity contribution < 1.29 is 19.6 Å². The van der Waals surface area contributed by atoms with Gasteiger partial charge in [-0.25, -0.2) is 0 Å². The van der Waals surface area contributed by atoms with Crippen LogP contribution < -0.4 is 0 Å². The average Bonchev–Trinajstić information content (AvgIpc) is 2.75. The van der Waals surface area contributed by atoms with E-state index in [1.165, 1.54) is 24.1 Å². The van der Waals surface area contributed by atoms with Crippen molar-refractivity contribution in [3.8, 4) is 0 Å². The molecule has 1 saturated heterocycles. The summed E-state index contributed by atoms with van der Waals surface area (Å²) in [5.74, 6) is 0.242. The normalized spacial score (nSPS) is 21.2. The highest BCUT2D eigenvalue weighted by Gasteiger charge is 2.57. The number of hydrogen-bond acceptors (Lipinski definition) is 6. The molecule has 0 N–H and O–H groups in total. The Balaban J connectivity index is 2.54. The molecule has 1 fully saturated rings. The summed E-state index contributed by atoms with van der Waals surface area (Å²) in [7, 11) is 0. The van der Waals surface area contributed by atoms with E-state index in [9.17, 15) is 25.1 Å². The monoisotopic (exact) mass is 278 g/mol. The van der Waals surface area contributed by atoms with Gasteiger partial charge in [0.05, 0.1) is 14.8 Å². The fourth-order valence-electron chi connectivity index (χ4n) is 1.89. The zero-order chi connectivity index (χ0) is 14.9. The van der Waals surface area contributed by atoms with Crippen molar-refractivity contribution in [3.63, 3.8) is 0 Å². The van der Waals surface area contributed by atoms with Gasteiger partial charge < -0.3 is 5.41 Å². The molecule has 10 nitrogen and oxygen atoms in total. The Morgan fingerprint density at radius 1 is 1.35 bits per heavy atom. The summed E-state index contributed by atoms with van der Waals surface area (Å²) >= 11 is 0. The van der Waals surface area contributed by atoms with Gasteiger partial charge in [-0.3, -0.25) is 20.2 Å². The van der Waals surface area contributed by atoms with Crippen molar-refractivity contribution in [2.24, 2.45) is 0 Å². The number of hydrogen-bond donors (Lipinski definition) is 0. The van der Waals surface area contributed by atoms with Gasteiger partial charge in [-0.15, -0.1) is 4.84 Å². The van der Waals surface area contributed by atoms with Gasteiger partial charge in [0.2, 0.25) is 0 Å². The van der Waals surface area contributed by atoms with Crippen LogP contribution in [0.5, 0.6) is 0 Å². The molecule has 1 heterocycles. The highest BCUT2D eigenvalue weighted by molar-refractivity contribution is 5.61. The van der Waals surface area contributed by atoms with Crippen LogP contribution in [0.3, 0.4) is 0 Å². The SMILES string of the molecule is [N-]=C=C1C(c2cccc([N+](=O)[O-])c2)C([N+](=O)[O-])O[N+]1=O. The second-order valence-corrected chi connectivity index (χ2v) is 3.87. The van der Waals surface area contributed by atoms with Gasteiger partial charge >= 0.3 is 11.9 Å². The molecule has 1 aromatic rings. The first kappa shape index (κ1) is 13.3. The summed E-state index contributed by atoms with van der Waals surface area (Å²) < 4.78 is 0. The fraction of sp³-hybridized carbons (Fsp3) is 0.200. The predicted octanol–water partition coefficient (Wildman–Crippen LogP) is 1.13. The predicted molar refractivity (Wildman–Crippen MR) is 63.2 cm³/mol. The van der Waals surface area contributed by atoms with Crippen LogP contribution in [-0.4, -0.2) is 26.9 Å². The van der Waals surface area contributed by atoms with E-state index in [1.54, 1.807) is 0 Å². The Kier molecular flexibility index (Phi) is 3.23. The Morgan fingerprint density at radius 3 is 2.60 bits per heavy atom. The van der Waals surface area contributed by atoms with Crippen LogP contribution in [0.25, 0.3) is 5.41 Å². The zero-order valence-electron chi connectivity index (χ0n) is 9.70. The first-order chi connectivity index (χ1) is 9.45. The molecule has 2 unspecified atom stereocenters. The van der Waals surface area contributed by atoms with E-state index in [0.717, 1.165) is 6.07 Å². The summed E-state index contributed by atoms with van der Waals surface area (Å²) in [6.45, 7) is 0. The van der Waals surface area contributed by atoms with Gasteiger partial charge in [-0.05, 0) is 5.56 Å². The fourth-order valence-corrected chi connectivity index (χ4v) is 1.89. The Hall–Kier alpha value is -3.13. The van der Waals surface area contributed by atoms with Crippen LogP contribution >= 0.6 is 0 Å². The Bertz CT molecular complexity index is 665. The molecule has 2 atom stereocenters. The third-order valence-corrected chi connectivity index (χ3v) is 2.74. The molecule has 0 aromatic heterocycles. The van der Waals surface area contributed by atoms with Crippen LogP contribution in [0.1, 0.15) is 11.5 Å². The van der Waals surface area contributed by atoms with E-state index in [1.807, 2.05) is 0 Å². The maximum atomic E-state index is 11.3. The number of rotatable bonds is 3. The van der Waals surface area contributed by atoms with Crippen molar-refractivity contribution in [2.45, 2.75) is 12.1 Å². The minimum Gasteiger partial charge on any atom is -0.758 e. The minimum atomic E-state index is -1.79. The minimum absolute atomic E-state index is 0.0933. The van der Waals surface area contributed by atoms with Crippen molar-refractivity contribution in [1.82, 2.24) is 0 Å². The molecule has 1 aliphatic heterocycles. The van der Waals surface area contributed by atoms with E-state index in [4.69, 9.17) is 5.41 Å². The van der Waals surface area contributed by atoms with E-state index in [2.05, 4.69) is 4.84 Å². The number of non-ortho nitro benzene ring substituents is 1. The van der Waals surface area contributed by atoms with Crippen LogP contribution in [0, 0.1) is 25.1 Å². The largest absolute Gasteiger partial charge is 0.758 e. The lowest BCUT2D eigenvalue weighted by Gasteiger charge is -2.05. The molecule has 20 heavy (non-hydrogen) atoms. The van der Waals surface area contributed by atoms with Gasteiger partial charge in [0.15, 0.2) is 5.92 Å². The topological polar surface area (TPSA) is 138 Å². The Morgan fingerprint density at radius 2 is 2.05 bits per heavy atom. The molecular weight excluding hydrogens is 272 g/mol. The molecule has 0 saturated carbocycles. The lowest BCUT2D eigenvalue weighted by molar-refractivity contribution is -0.804. The van der Waals surface area contributed by atoms with Crippen LogP contribution in [0.4, 0.5) is 5.69 Å². The molecule has 0 aliphatic carbocycles. The van der Waals surface area contributed by atoms with Crippen LogP contribution in [0.2, 0.25) is 0 Å². The summed E-state index contributed by atoms with van der Waals surface area (Å²) in [6.07, 6.45) is -1.79. The van der Waals surface area contributed by atoms with Crippen molar-refractivity contribution in [2.75, 3.05) is 0 Å². The van der Waals surface area contributed by atoms with Crippen LogP contribution in [-0.2, 0) is 4.84 Å². The third kappa shape index (κ3) is 2.10. The van der Waals surface area contributed by atoms with Crippen molar-refractivity contribution >= 4 is 11.6 Å². The van der Waals surface area contributed by atoms with Gasteiger partial charge in [-0.2, -0.15) is 5.87 Å². The molecule has 1 aliphatic rings. The highest BCUT2D eigenvalue weighted by atomic mass is 16.8. The van der Waals surface area contributed by atoms with Crippen LogP contribution in [0.15, 0.2) is 30.0 Å². The van der Waals surface area contributed by atoms with Gasteiger partial charge in [0.1, 0.15) is 0 Å². The van der Waals surface area contributed by atoms with Gasteiger partial charge in [0.25, 0.3) is 10.6 Å². The molecule has 0 bridgehead atoms. The van der Waals surface area contributed by atoms with Crippen molar-refractivity contribution in [3.05, 3.63) is 66.1 Å². The molecule has 0 spiro atoms. The van der Waals surface area contributed by atoms with E-state index >= 15 is 0 Å². The standard InChI is InChI=1S/C10H6N4O6/c11-5-8-9(10(13(17)18)20-14(8)19)6-2-1-3-7(4-6)12(15)16/h1-4,9-10H. The highest BCUT2D eigenvalue weighted by Crippen LogP contribution is 2.36. The van der Waals surface area contributed by atoms with E-state index in [-0.39, 0.29) is 16.2 Å². The van der Waals surface area contributed by atoms with Crippen molar-refractivity contribution in [1.29, 1.82) is 0 Å². The molecule has 0 radical (unpaired) electrons. The van der Waals surface area contributed by atoms with Gasteiger partial charge in [0, 0.05) is 12.1 Å². The lowest BCUT2D eigenvalue weighted by Crippen LogP contribution is -2.24. The average molecular weight is 278 g/mol. The van der Waals surface area contributed by atoms with E-state index in [0.29, 0.717) is 0 Å². The molecule has 10 heteroatoms. The molecule has 102 valence electrons. The Labute approximate surface area is 110 Å². The third-order valence-electron chi connectivity index (χ3n) is 2.74. The number of nitro groups is 2. The summed E-state index contributed by atoms with van der Waals surface area (Å²) in [6, 6.07) is 4.93. The second kappa shape index (κ2) is 4.86. The summed E-state index contributed by atoms with van der Waals surface area (Å²) in [5.41, 5.74) is -0.728. The lowest BCUT2D eigenvalue weighted by atomic mass is 9.95. The van der Waals surface area contributed by atoms with Gasteiger partial charge in [-0.1, -0.05) is 12.1 Å². The molecule has 0 amide bonds. The molecule has 1 aromatic carbocycles. The summed E-state index contributed by atoms with van der Waals surface area (Å²) in [5, 5.41) is 30.4. The number of nitrogens with zero attached hydrogens (tertiary/aromatic N) is 4. The quantitative estimate of drug-likeness (QED) is 0.461. The molecular formula is C10H6N4O6. The van der Waals surface area contributed by atoms with E-state index < -0.39 is 27.7 Å². The summed E-state index contributed by atoms with van der Waals surface area (Å²) in [4.78, 5) is 35.6. The molecule has 2 rings (SSSR count). The maximum absolute atomic E-state index is 11.3. The first-order valence-electron chi connectivity index (χ1n) is 5.24. The maximum Gasteiger partial charge on any atom is 0.434 e. The smallest absolute Gasteiger partial charge is 0.434 e. The number of nitro benzene ring substituents is 1. The second-order valence-electron chi connectivity index (χ2n) is 3.87. The number of benzene rings is 1. The first-order valence-corrected chi connectivity index (χ1v) is 5.24.